The van der Waals surface area contributed by atoms with Crippen LogP contribution in [0.1, 0.15) is 24.8 Å². The van der Waals surface area contributed by atoms with E-state index >= 15 is 0 Å². The van der Waals surface area contributed by atoms with Crippen LogP contribution in [0, 0.1) is 17.8 Å². The SMILES string of the molecule is C=CC1CCC(/C=C/c2ccccc2)CC1C=C. The van der Waals surface area contributed by atoms with Crippen molar-refractivity contribution in [2.45, 2.75) is 19.3 Å². The van der Waals surface area contributed by atoms with Crippen LogP contribution in [-0.2, 0) is 0 Å². The van der Waals surface area contributed by atoms with Crippen molar-refractivity contribution >= 4 is 6.08 Å². The summed E-state index contributed by atoms with van der Waals surface area (Å²) < 4.78 is 0. The minimum absolute atomic E-state index is 0.599. The Morgan fingerprint density at radius 3 is 2.33 bits per heavy atom. The molecule has 1 aromatic rings. The highest BCUT2D eigenvalue weighted by Gasteiger charge is 2.25. The second kappa shape index (κ2) is 6.39. The molecule has 1 saturated carbocycles. The van der Waals surface area contributed by atoms with Crippen LogP contribution in [0.5, 0.6) is 0 Å². The first-order chi connectivity index (χ1) is 8.83. The summed E-state index contributed by atoms with van der Waals surface area (Å²) in [6.45, 7) is 7.90. The van der Waals surface area contributed by atoms with Crippen LogP contribution in [0.25, 0.3) is 6.08 Å². The maximum Gasteiger partial charge on any atom is -0.0168 e. The van der Waals surface area contributed by atoms with Gasteiger partial charge in [-0.25, -0.2) is 0 Å². The van der Waals surface area contributed by atoms with Gasteiger partial charge in [0.1, 0.15) is 0 Å². The Bertz CT molecular complexity index is 413. The molecule has 0 heteroatoms. The normalized spacial score (nSPS) is 28.1. The summed E-state index contributed by atoms with van der Waals surface area (Å²) in [6, 6.07) is 10.5. The summed E-state index contributed by atoms with van der Waals surface area (Å²) in [7, 11) is 0. The molecule has 0 aliphatic heterocycles. The van der Waals surface area contributed by atoms with Crippen molar-refractivity contribution in [2.75, 3.05) is 0 Å². The maximum absolute atomic E-state index is 3.96. The summed E-state index contributed by atoms with van der Waals surface area (Å²) in [6.07, 6.45) is 12.5. The molecular formula is C18H22. The van der Waals surface area contributed by atoms with E-state index in [1.54, 1.807) is 0 Å². The van der Waals surface area contributed by atoms with Crippen molar-refractivity contribution in [3.63, 3.8) is 0 Å². The molecule has 0 amide bonds. The van der Waals surface area contributed by atoms with E-state index in [4.69, 9.17) is 0 Å². The monoisotopic (exact) mass is 238 g/mol. The molecule has 0 spiro atoms. The van der Waals surface area contributed by atoms with Gasteiger partial charge in [-0.15, -0.1) is 13.2 Å². The Hall–Kier alpha value is -1.56. The summed E-state index contributed by atoms with van der Waals surface area (Å²) in [4.78, 5) is 0. The molecule has 1 aromatic carbocycles. The van der Waals surface area contributed by atoms with Gasteiger partial charge < -0.3 is 0 Å². The van der Waals surface area contributed by atoms with Crippen LogP contribution >= 0.6 is 0 Å². The smallest absolute Gasteiger partial charge is 0.0168 e. The molecular weight excluding hydrogens is 216 g/mol. The largest absolute Gasteiger partial charge is 0.103 e. The summed E-state index contributed by atoms with van der Waals surface area (Å²) in [5.74, 6) is 1.91. The lowest BCUT2D eigenvalue weighted by Crippen LogP contribution is -2.20. The van der Waals surface area contributed by atoms with Crippen LogP contribution < -0.4 is 0 Å². The summed E-state index contributed by atoms with van der Waals surface area (Å²) in [5, 5.41) is 0. The number of allylic oxidation sites excluding steroid dienone is 3. The van der Waals surface area contributed by atoms with Crippen LogP contribution in [0.2, 0.25) is 0 Å². The van der Waals surface area contributed by atoms with Gasteiger partial charge >= 0.3 is 0 Å². The van der Waals surface area contributed by atoms with E-state index in [-0.39, 0.29) is 0 Å². The molecule has 1 aliphatic rings. The van der Waals surface area contributed by atoms with Crippen molar-refractivity contribution in [3.8, 4) is 0 Å². The Kier molecular flexibility index (Phi) is 4.58. The van der Waals surface area contributed by atoms with E-state index in [2.05, 4.69) is 67.8 Å². The molecule has 0 bridgehead atoms. The lowest BCUT2D eigenvalue weighted by Gasteiger charge is -2.31. The molecule has 3 unspecified atom stereocenters. The average molecular weight is 238 g/mol. The molecule has 0 aromatic heterocycles. The van der Waals surface area contributed by atoms with Crippen molar-refractivity contribution in [2.24, 2.45) is 17.8 Å². The predicted octanol–water partition coefficient (Wildman–Crippen LogP) is 5.10. The Labute approximate surface area is 111 Å². The quantitative estimate of drug-likeness (QED) is 0.640. The Morgan fingerprint density at radius 2 is 1.67 bits per heavy atom. The van der Waals surface area contributed by atoms with Crippen LogP contribution in [0.4, 0.5) is 0 Å². The first-order valence-corrected chi connectivity index (χ1v) is 6.82. The zero-order valence-corrected chi connectivity index (χ0v) is 11.0. The van der Waals surface area contributed by atoms with Gasteiger partial charge in [-0.1, -0.05) is 54.6 Å². The van der Waals surface area contributed by atoms with Gasteiger partial charge in [0.2, 0.25) is 0 Å². The van der Waals surface area contributed by atoms with E-state index in [0.717, 1.165) is 0 Å². The van der Waals surface area contributed by atoms with Gasteiger partial charge in [0.15, 0.2) is 0 Å². The zero-order valence-electron chi connectivity index (χ0n) is 11.0. The first kappa shape index (κ1) is 12.9. The number of benzene rings is 1. The number of hydrogen-bond donors (Lipinski definition) is 0. The number of rotatable bonds is 4. The highest BCUT2D eigenvalue weighted by molar-refractivity contribution is 5.49. The van der Waals surface area contributed by atoms with Crippen LogP contribution in [0.3, 0.4) is 0 Å². The standard InChI is InChI=1S/C18H22/c1-3-17-13-12-16(14-18(17)4-2)11-10-15-8-6-5-7-9-15/h3-11,16-18H,1-2,12-14H2/b11-10+. The van der Waals surface area contributed by atoms with E-state index in [0.29, 0.717) is 17.8 Å². The fourth-order valence-corrected chi connectivity index (χ4v) is 2.81. The predicted molar refractivity (Wildman–Crippen MR) is 80.2 cm³/mol. The molecule has 0 N–H and O–H groups in total. The molecule has 0 nitrogen and oxygen atoms in total. The second-order valence-corrected chi connectivity index (χ2v) is 5.14. The molecule has 3 atom stereocenters. The Morgan fingerprint density at radius 1 is 0.944 bits per heavy atom. The molecule has 0 radical (unpaired) electrons. The average Bonchev–Trinajstić information content (AvgIpc) is 2.45. The zero-order chi connectivity index (χ0) is 12.8. The van der Waals surface area contributed by atoms with Crippen molar-refractivity contribution in [1.82, 2.24) is 0 Å². The van der Waals surface area contributed by atoms with Crippen LogP contribution in [-0.4, -0.2) is 0 Å². The van der Waals surface area contributed by atoms with Crippen molar-refractivity contribution in [1.29, 1.82) is 0 Å². The summed E-state index contributed by atoms with van der Waals surface area (Å²) >= 11 is 0. The fraction of sp³-hybridized carbons (Fsp3) is 0.333. The molecule has 0 saturated heterocycles. The molecule has 1 aliphatic carbocycles. The summed E-state index contributed by atoms with van der Waals surface area (Å²) in [5.41, 5.74) is 1.29. The first-order valence-electron chi connectivity index (χ1n) is 6.82. The fourth-order valence-electron chi connectivity index (χ4n) is 2.81. The topological polar surface area (TPSA) is 0 Å². The highest BCUT2D eigenvalue weighted by atomic mass is 14.3. The molecule has 1 fully saturated rings. The van der Waals surface area contributed by atoms with E-state index < -0.39 is 0 Å². The van der Waals surface area contributed by atoms with E-state index in [1.807, 2.05) is 0 Å². The minimum Gasteiger partial charge on any atom is -0.103 e. The van der Waals surface area contributed by atoms with Crippen molar-refractivity contribution < 1.29 is 0 Å². The molecule has 94 valence electrons. The number of hydrogen-bond acceptors (Lipinski definition) is 0. The lowest BCUT2D eigenvalue weighted by atomic mass is 9.74. The van der Waals surface area contributed by atoms with Gasteiger partial charge in [-0.3, -0.25) is 0 Å². The van der Waals surface area contributed by atoms with E-state index in [1.165, 1.54) is 24.8 Å². The third kappa shape index (κ3) is 3.22. The molecule has 0 heterocycles. The third-order valence-corrected chi connectivity index (χ3v) is 3.96. The molecule has 2 rings (SSSR count). The van der Waals surface area contributed by atoms with Gasteiger partial charge in [-0.2, -0.15) is 0 Å². The maximum atomic E-state index is 3.96. The third-order valence-electron chi connectivity index (χ3n) is 3.96. The van der Waals surface area contributed by atoms with Crippen molar-refractivity contribution in [3.05, 3.63) is 67.3 Å². The minimum atomic E-state index is 0.599. The van der Waals surface area contributed by atoms with Gasteiger partial charge in [0.05, 0.1) is 0 Å². The second-order valence-electron chi connectivity index (χ2n) is 5.14. The lowest BCUT2D eigenvalue weighted by molar-refractivity contribution is 0.288. The van der Waals surface area contributed by atoms with Gasteiger partial charge in [0.25, 0.3) is 0 Å². The Balaban J connectivity index is 1.97. The van der Waals surface area contributed by atoms with Gasteiger partial charge in [-0.05, 0) is 42.6 Å². The van der Waals surface area contributed by atoms with Crippen LogP contribution in [0.15, 0.2) is 61.7 Å². The molecule has 18 heavy (non-hydrogen) atoms. The highest BCUT2D eigenvalue weighted by Crippen LogP contribution is 2.36. The van der Waals surface area contributed by atoms with Gasteiger partial charge in [0, 0.05) is 0 Å². The van der Waals surface area contributed by atoms with E-state index in [9.17, 15) is 0 Å².